The molecule has 0 aliphatic carbocycles. The van der Waals surface area contributed by atoms with E-state index in [1.165, 1.54) is 11.1 Å². The molecular formula is C16H25N3OS. The minimum atomic E-state index is 0.250. The Morgan fingerprint density at radius 3 is 2.62 bits per heavy atom. The van der Waals surface area contributed by atoms with E-state index in [-0.39, 0.29) is 6.61 Å². The number of rotatable bonds is 5. The number of nitrogens with two attached hydrogens (primary N) is 1. The van der Waals surface area contributed by atoms with Crippen molar-refractivity contribution in [2.75, 3.05) is 39.3 Å². The largest absolute Gasteiger partial charge is 0.395 e. The van der Waals surface area contributed by atoms with E-state index in [9.17, 15) is 0 Å². The SMILES string of the molecule is Cc1cc(C(N)=S)ccc1CN1CCCN(CCO)CC1. The van der Waals surface area contributed by atoms with Gasteiger partial charge in [-0.25, -0.2) is 0 Å². The van der Waals surface area contributed by atoms with Crippen LogP contribution < -0.4 is 5.73 Å². The van der Waals surface area contributed by atoms with Gasteiger partial charge in [0.05, 0.1) is 6.61 Å². The number of hydrogen-bond donors (Lipinski definition) is 2. The third-order valence-electron chi connectivity index (χ3n) is 4.12. The van der Waals surface area contributed by atoms with Crippen LogP contribution in [-0.2, 0) is 6.54 Å². The standard InChI is InChI=1S/C16H25N3OS/c1-13-11-14(16(17)21)3-4-15(13)12-19-6-2-5-18(7-8-19)9-10-20/h3-4,11,20H,2,5-10,12H2,1H3,(H2,17,21). The molecule has 1 aromatic carbocycles. The first-order valence-electron chi connectivity index (χ1n) is 7.55. The molecule has 0 saturated carbocycles. The van der Waals surface area contributed by atoms with Gasteiger partial charge in [-0.3, -0.25) is 9.80 Å². The zero-order valence-electron chi connectivity index (χ0n) is 12.7. The van der Waals surface area contributed by atoms with Crippen molar-refractivity contribution >= 4 is 17.2 Å². The van der Waals surface area contributed by atoms with Crippen molar-refractivity contribution in [1.29, 1.82) is 0 Å². The number of benzene rings is 1. The van der Waals surface area contributed by atoms with Gasteiger partial charge in [0, 0.05) is 31.7 Å². The highest BCUT2D eigenvalue weighted by atomic mass is 32.1. The van der Waals surface area contributed by atoms with Crippen molar-refractivity contribution in [2.24, 2.45) is 5.73 Å². The molecule has 0 atom stereocenters. The summed E-state index contributed by atoms with van der Waals surface area (Å²) in [6.45, 7) is 8.40. The van der Waals surface area contributed by atoms with Gasteiger partial charge < -0.3 is 10.8 Å². The maximum atomic E-state index is 9.04. The molecule has 21 heavy (non-hydrogen) atoms. The average Bonchev–Trinajstić information content (AvgIpc) is 2.67. The maximum Gasteiger partial charge on any atom is 0.103 e. The second-order valence-corrected chi connectivity index (χ2v) is 6.14. The molecule has 1 fully saturated rings. The molecule has 1 aliphatic rings. The highest BCUT2D eigenvalue weighted by Gasteiger charge is 2.15. The Morgan fingerprint density at radius 1 is 1.24 bits per heavy atom. The van der Waals surface area contributed by atoms with E-state index in [1.54, 1.807) is 0 Å². The Hall–Kier alpha value is -1.01. The predicted octanol–water partition coefficient (Wildman–Crippen LogP) is 1.13. The van der Waals surface area contributed by atoms with Gasteiger partial charge in [0.2, 0.25) is 0 Å². The Balaban J connectivity index is 1.97. The number of aryl methyl sites for hydroxylation is 1. The number of nitrogens with zero attached hydrogens (tertiary/aromatic N) is 2. The molecule has 5 heteroatoms. The van der Waals surface area contributed by atoms with Crippen molar-refractivity contribution in [3.05, 3.63) is 34.9 Å². The summed E-state index contributed by atoms with van der Waals surface area (Å²) in [7, 11) is 0. The molecule has 116 valence electrons. The molecule has 0 radical (unpaired) electrons. The Morgan fingerprint density at radius 2 is 1.95 bits per heavy atom. The van der Waals surface area contributed by atoms with Gasteiger partial charge in [-0.15, -0.1) is 0 Å². The van der Waals surface area contributed by atoms with Crippen molar-refractivity contribution in [2.45, 2.75) is 19.9 Å². The lowest BCUT2D eigenvalue weighted by Crippen LogP contribution is -2.32. The van der Waals surface area contributed by atoms with Gasteiger partial charge in [0.25, 0.3) is 0 Å². The summed E-state index contributed by atoms with van der Waals surface area (Å²) in [5.74, 6) is 0. The molecule has 0 unspecified atom stereocenters. The van der Waals surface area contributed by atoms with Crippen molar-refractivity contribution in [1.82, 2.24) is 9.80 Å². The van der Waals surface area contributed by atoms with E-state index in [2.05, 4.69) is 28.9 Å². The lowest BCUT2D eigenvalue weighted by molar-refractivity contribution is 0.196. The summed E-state index contributed by atoms with van der Waals surface area (Å²) in [4.78, 5) is 5.28. The summed E-state index contributed by atoms with van der Waals surface area (Å²) in [5, 5.41) is 9.04. The first-order valence-corrected chi connectivity index (χ1v) is 7.96. The Bertz CT molecular complexity index is 492. The van der Waals surface area contributed by atoms with E-state index in [0.29, 0.717) is 4.99 Å². The molecule has 3 N–H and O–H groups in total. The average molecular weight is 307 g/mol. The summed E-state index contributed by atoms with van der Waals surface area (Å²) in [6, 6.07) is 6.23. The van der Waals surface area contributed by atoms with Crippen LogP contribution in [0, 0.1) is 6.92 Å². The van der Waals surface area contributed by atoms with Gasteiger partial charge in [-0.2, -0.15) is 0 Å². The topological polar surface area (TPSA) is 52.7 Å². The van der Waals surface area contributed by atoms with E-state index in [4.69, 9.17) is 23.1 Å². The molecule has 1 aromatic rings. The zero-order valence-corrected chi connectivity index (χ0v) is 13.5. The molecule has 1 heterocycles. The number of thiocarbonyl (C=S) groups is 1. The molecule has 0 aromatic heterocycles. The predicted molar refractivity (Wildman–Crippen MR) is 90.5 cm³/mol. The fourth-order valence-electron chi connectivity index (χ4n) is 2.81. The number of aliphatic hydroxyl groups is 1. The van der Waals surface area contributed by atoms with Crippen molar-refractivity contribution < 1.29 is 5.11 Å². The van der Waals surface area contributed by atoms with Crippen LogP contribution in [0.3, 0.4) is 0 Å². The number of β-amino-alcohol motifs (C(OH)–C–C–N with tert-alkyl or cyclic N) is 1. The van der Waals surface area contributed by atoms with E-state index >= 15 is 0 Å². The van der Waals surface area contributed by atoms with Crippen molar-refractivity contribution in [3.63, 3.8) is 0 Å². The molecular weight excluding hydrogens is 282 g/mol. The smallest absolute Gasteiger partial charge is 0.103 e. The summed E-state index contributed by atoms with van der Waals surface area (Å²) >= 11 is 5.02. The Labute approximate surface area is 132 Å². The summed E-state index contributed by atoms with van der Waals surface area (Å²) in [6.07, 6.45) is 1.16. The summed E-state index contributed by atoms with van der Waals surface area (Å²) in [5.41, 5.74) is 9.20. The van der Waals surface area contributed by atoms with Crippen LogP contribution in [0.15, 0.2) is 18.2 Å². The van der Waals surface area contributed by atoms with Crippen LogP contribution in [0.1, 0.15) is 23.1 Å². The van der Waals surface area contributed by atoms with Crippen LogP contribution in [0.4, 0.5) is 0 Å². The number of aliphatic hydroxyl groups excluding tert-OH is 1. The highest BCUT2D eigenvalue weighted by molar-refractivity contribution is 7.80. The molecule has 1 saturated heterocycles. The second-order valence-electron chi connectivity index (χ2n) is 5.70. The molecule has 0 spiro atoms. The maximum absolute atomic E-state index is 9.04. The first kappa shape index (κ1) is 16.4. The van der Waals surface area contributed by atoms with E-state index < -0.39 is 0 Å². The summed E-state index contributed by atoms with van der Waals surface area (Å²) < 4.78 is 0. The molecule has 0 bridgehead atoms. The van der Waals surface area contributed by atoms with Crippen molar-refractivity contribution in [3.8, 4) is 0 Å². The quantitative estimate of drug-likeness (QED) is 0.799. The lowest BCUT2D eigenvalue weighted by atomic mass is 10.0. The minimum absolute atomic E-state index is 0.250. The molecule has 1 aliphatic heterocycles. The van der Waals surface area contributed by atoms with Gasteiger partial charge in [-0.1, -0.05) is 24.4 Å². The van der Waals surface area contributed by atoms with Crippen LogP contribution in [0.25, 0.3) is 0 Å². The fraction of sp³-hybridized carbons (Fsp3) is 0.562. The highest BCUT2D eigenvalue weighted by Crippen LogP contribution is 2.15. The third kappa shape index (κ3) is 4.74. The third-order valence-corrected chi connectivity index (χ3v) is 4.35. The van der Waals surface area contributed by atoms with E-state index in [0.717, 1.165) is 51.3 Å². The van der Waals surface area contributed by atoms with Gasteiger partial charge in [0.1, 0.15) is 4.99 Å². The molecule has 0 amide bonds. The normalized spacial score (nSPS) is 17.6. The molecule has 4 nitrogen and oxygen atoms in total. The van der Waals surface area contributed by atoms with E-state index in [1.807, 2.05) is 6.07 Å². The van der Waals surface area contributed by atoms with Crippen LogP contribution in [0.2, 0.25) is 0 Å². The van der Waals surface area contributed by atoms with Gasteiger partial charge in [0.15, 0.2) is 0 Å². The van der Waals surface area contributed by atoms with Crippen LogP contribution in [-0.4, -0.2) is 59.2 Å². The fourth-order valence-corrected chi connectivity index (χ4v) is 2.94. The Kier molecular flexibility index (Phi) is 6.11. The zero-order chi connectivity index (χ0) is 15.2. The van der Waals surface area contributed by atoms with Crippen LogP contribution in [0.5, 0.6) is 0 Å². The van der Waals surface area contributed by atoms with Crippen LogP contribution >= 0.6 is 12.2 Å². The van der Waals surface area contributed by atoms with Gasteiger partial charge in [-0.05, 0) is 43.6 Å². The first-order chi connectivity index (χ1) is 10.1. The second kappa shape index (κ2) is 7.84. The number of hydrogen-bond acceptors (Lipinski definition) is 4. The lowest BCUT2D eigenvalue weighted by Gasteiger charge is -2.22. The van der Waals surface area contributed by atoms with Gasteiger partial charge >= 0.3 is 0 Å². The molecule has 2 rings (SSSR count). The minimum Gasteiger partial charge on any atom is -0.395 e. The monoisotopic (exact) mass is 307 g/mol.